The second-order valence-electron chi connectivity index (χ2n) is 9.49. The lowest BCUT2D eigenvalue weighted by Crippen LogP contribution is -2.54. The van der Waals surface area contributed by atoms with Crippen molar-refractivity contribution in [3.05, 3.63) is 16.3 Å². The van der Waals surface area contributed by atoms with Gasteiger partial charge in [-0.2, -0.15) is 0 Å². The lowest BCUT2D eigenvalue weighted by molar-refractivity contribution is 0.106. The zero-order valence-electron chi connectivity index (χ0n) is 18.9. The van der Waals surface area contributed by atoms with Crippen LogP contribution in [0.15, 0.2) is 0 Å². The standard InChI is InChI=1S/C23H36N6S/c1-17-18(2)30-23-21(17)22(24-20(25-23)16-27-9-4-5-10-27)29-13-11-28(12-14-29)19-7-6-8-26(3)15-19/h19H,4-16H2,1-3H3. The van der Waals surface area contributed by atoms with Crippen LogP contribution < -0.4 is 4.90 Å². The predicted molar refractivity (Wildman–Crippen MR) is 126 cm³/mol. The number of thiophene rings is 1. The Labute approximate surface area is 184 Å². The van der Waals surface area contributed by atoms with E-state index in [9.17, 15) is 0 Å². The van der Waals surface area contributed by atoms with Gasteiger partial charge in [0.15, 0.2) is 0 Å². The third-order valence-corrected chi connectivity index (χ3v) is 8.45. The van der Waals surface area contributed by atoms with Gasteiger partial charge >= 0.3 is 0 Å². The maximum atomic E-state index is 5.16. The third-order valence-electron chi connectivity index (χ3n) is 7.35. The van der Waals surface area contributed by atoms with E-state index in [2.05, 4.69) is 40.5 Å². The van der Waals surface area contributed by atoms with Crippen LogP contribution in [0.4, 0.5) is 5.82 Å². The number of anilines is 1. The quantitative estimate of drug-likeness (QED) is 0.745. The Hall–Kier alpha value is -1.28. The van der Waals surface area contributed by atoms with Gasteiger partial charge in [0.1, 0.15) is 16.5 Å². The summed E-state index contributed by atoms with van der Waals surface area (Å²) >= 11 is 1.84. The lowest BCUT2D eigenvalue weighted by atomic mass is 10.0. The fourth-order valence-corrected chi connectivity index (χ4v) is 6.49. The van der Waals surface area contributed by atoms with Crippen molar-refractivity contribution < 1.29 is 0 Å². The van der Waals surface area contributed by atoms with E-state index in [0.717, 1.165) is 44.6 Å². The van der Waals surface area contributed by atoms with Gasteiger partial charge in [0.05, 0.1) is 11.9 Å². The second-order valence-corrected chi connectivity index (χ2v) is 10.7. The lowest BCUT2D eigenvalue weighted by Gasteiger charge is -2.43. The summed E-state index contributed by atoms with van der Waals surface area (Å²) in [5.41, 5.74) is 1.37. The van der Waals surface area contributed by atoms with Crippen molar-refractivity contribution in [2.75, 3.05) is 64.3 Å². The Morgan fingerprint density at radius 1 is 0.933 bits per heavy atom. The van der Waals surface area contributed by atoms with Crippen molar-refractivity contribution in [1.29, 1.82) is 0 Å². The monoisotopic (exact) mass is 428 g/mol. The molecule has 0 saturated carbocycles. The molecule has 3 aliphatic heterocycles. The van der Waals surface area contributed by atoms with Crippen molar-refractivity contribution in [2.24, 2.45) is 0 Å². The molecule has 1 atom stereocenters. The molecule has 0 aliphatic carbocycles. The van der Waals surface area contributed by atoms with Crippen LogP contribution in [-0.2, 0) is 6.54 Å². The molecule has 2 aromatic heterocycles. The Kier molecular flexibility index (Phi) is 5.97. The summed E-state index contributed by atoms with van der Waals surface area (Å²) in [6.45, 7) is 14.7. The summed E-state index contributed by atoms with van der Waals surface area (Å²) < 4.78 is 0. The van der Waals surface area contributed by atoms with E-state index in [1.165, 1.54) is 78.3 Å². The number of fused-ring (bicyclic) bond motifs is 1. The van der Waals surface area contributed by atoms with Gasteiger partial charge in [-0.05, 0) is 71.8 Å². The molecule has 0 spiro atoms. The van der Waals surface area contributed by atoms with Crippen LogP contribution in [0, 0.1) is 13.8 Å². The second kappa shape index (κ2) is 8.69. The summed E-state index contributed by atoms with van der Waals surface area (Å²) in [6, 6.07) is 0.729. The minimum Gasteiger partial charge on any atom is -0.353 e. The first-order valence-corrected chi connectivity index (χ1v) is 12.6. The first-order chi connectivity index (χ1) is 14.6. The average Bonchev–Trinajstić information content (AvgIpc) is 3.35. The maximum Gasteiger partial charge on any atom is 0.146 e. The van der Waals surface area contributed by atoms with Gasteiger partial charge < -0.3 is 9.80 Å². The molecule has 3 saturated heterocycles. The fourth-order valence-electron chi connectivity index (χ4n) is 5.45. The molecule has 0 amide bonds. The molecular formula is C23H36N6S. The van der Waals surface area contributed by atoms with Crippen LogP contribution in [-0.4, -0.2) is 90.1 Å². The molecule has 0 aromatic carbocycles. The van der Waals surface area contributed by atoms with Crippen LogP contribution >= 0.6 is 11.3 Å². The van der Waals surface area contributed by atoms with Crippen LogP contribution in [0.3, 0.4) is 0 Å². The van der Waals surface area contributed by atoms with Gasteiger partial charge in [-0.15, -0.1) is 11.3 Å². The minimum absolute atomic E-state index is 0.729. The van der Waals surface area contributed by atoms with Crippen LogP contribution in [0.5, 0.6) is 0 Å². The number of aromatic nitrogens is 2. The summed E-state index contributed by atoms with van der Waals surface area (Å²) in [5, 5.41) is 1.30. The van der Waals surface area contributed by atoms with Gasteiger partial charge in [0.2, 0.25) is 0 Å². The number of likely N-dealkylation sites (tertiary alicyclic amines) is 2. The molecule has 30 heavy (non-hydrogen) atoms. The van der Waals surface area contributed by atoms with E-state index in [1.54, 1.807) is 0 Å². The Bertz CT molecular complexity index is 881. The molecule has 5 rings (SSSR count). The Balaban J connectivity index is 1.37. The molecule has 3 aliphatic rings. The van der Waals surface area contributed by atoms with E-state index in [1.807, 2.05) is 11.3 Å². The highest BCUT2D eigenvalue weighted by molar-refractivity contribution is 7.18. The van der Waals surface area contributed by atoms with E-state index >= 15 is 0 Å². The van der Waals surface area contributed by atoms with Crippen molar-refractivity contribution in [3.63, 3.8) is 0 Å². The predicted octanol–water partition coefficient (Wildman–Crippen LogP) is 3.12. The number of piperidine rings is 1. The smallest absolute Gasteiger partial charge is 0.146 e. The van der Waals surface area contributed by atoms with Crippen molar-refractivity contribution in [2.45, 2.75) is 52.1 Å². The van der Waals surface area contributed by atoms with E-state index in [-0.39, 0.29) is 0 Å². The molecule has 0 N–H and O–H groups in total. The van der Waals surface area contributed by atoms with E-state index < -0.39 is 0 Å². The van der Waals surface area contributed by atoms with Gasteiger partial charge in [0, 0.05) is 43.6 Å². The molecular weight excluding hydrogens is 392 g/mol. The highest BCUT2D eigenvalue weighted by atomic mass is 32.1. The number of rotatable bonds is 4. The summed E-state index contributed by atoms with van der Waals surface area (Å²) in [7, 11) is 2.27. The number of nitrogens with zero attached hydrogens (tertiary/aromatic N) is 6. The van der Waals surface area contributed by atoms with Crippen molar-refractivity contribution in [1.82, 2.24) is 24.7 Å². The molecule has 164 valence electrons. The third kappa shape index (κ3) is 4.09. The summed E-state index contributed by atoms with van der Waals surface area (Å²) in [6.07, 6.45) is 5.31. The number of likely N-dealkylation sites (N-methyl/N-ethyl adjacent to an activating group) is 1. The van der Waals surface area contributed by atoms with Crippen molar-refractivity contribution >= 4 is 27.4 Å². The zero-order valence-corrected chi connectivity index (χ0v) is 19.7. The first kappa shape index (κ1) is 20.6. The zero-order chi connectivity index (χ0) is 20.7. The van der Waals surface area contributed by atoms with Gasteiger partial charge in [0.25, 0.3) is 0 Å². The maximum absolute atomic E-state index is 5.16. The number of aryl methyl sites for hydroxylation is 2. The highest BCUT2D eigenvalue weighted by Crippen LogP contribution is 2.36. The summed E-state index contributed by atoms with van der Waals surface area (Å²) in [4.78, 5) is 23.0. The molecule has 1 unspecified atom stereocenters. The van der Waals surface area contributed by atoms with Crippen molar-refractivity contribution in [3.8, 4) is 0 Å². The Morgan fingerprint density at radius 3 is 2.43 bits per heavy atom. The van der Waals surface area contributed by atoms with Gasteiger partial charge in [-0.25, -0.2) is 9.97 Å². The molecule has 6 nitrogen and oxygen atoms in total. The fraction of sp³-hybridized carbons (Fsp3) is 0.739. The molecule has 0 radical (unpaired) electrons. The molecule has 2 aromatic rings. The average molecular weight is 429 g/mol. The van der Waals surface area contributed by atoms with E-state index in [0.29, 0.717) is 0 Å². The SMILES string of the molecule is Cc1sc2nc(CN3CCCC3)nc(N3CCN(C4CCCN(C)C4)CC3)c2c1C. The van der Waals surface area contributed by atoms with Crippen LogP contribution in [0.25, 0.3) is 10.2 Å². The van der Waals surface area contributed by atoms with Gasteiger partial charge in [-0.1, -0.05) is 0 Å². The van der Waals surface area contributed by atoms with E-state index in [4.69, 9.17) is 9.97 Å². The largest absolute Gasteiger partial charge is 0.353 e. The minimum atomic E-state index is 0.729. The topological polar surface area (TPSA) is 38.7 Å². The first-order valence-electron chi connectivity index (χ1n) is 11.7. The Morgan fingerprint density at radius 2 is 1.70 bits per heavy atom. The number of hydrogen-bond donors (Lipinski definition) is 0. The normalized spacial score (nSPS) is 24.9. The van der Waals surface area contributed by atoms with Crippen LogP contribution in [0.2, 0.25) is 0 Å². The molecule has 5 heterocycles. The van der Waals surface area contributed by atoms with Crippen LogP contribution in [0.1, 0.15) is 41.9 Å². The number of piperazine rings is 1. The summed E-state index contributed by atoms with van der Waals surface area (Å²) in [5.74, 6) is 2.20. The highest BCUT2D eigenvalue weighted by Gasteiger charge is 2.29. The molecule has 0 bridgehead atoms. The number of hydrogen-bond acceptors (Lipinski definition) is 7. The van der Waals surface area contributed by atoms with Gasteiger partial charge in [-0.3, -0.25) is 9.80 Å². The molecule has 3 fully saturated rings. The molecule has 7 heteroatoms.